The third-order valence-electron chi connectivity index (χ3n) is 3.51. The second kappa shape index (κ2) is 13.7. The van der Waals surface area contributed by atoms with Gasteiger partial charge in [0.15, 0.2) is 0 Å². The number of amides is 2. The first-order valence-corrected chi connectivity index (χ1v) is 9.39. The Balaban J connectivity index is 5.12. The molecule has 0 aliphatic carbocycles. The van der Waals surface area contributed by atoms with E-state index in [1.54, 1.807) is 13.8 Å². The van der Waals surface area contributed by atoms with Crippen molar-refractivity contribution in [1.82, 2.24) is 21.5 Å². The van der Waals surface area contributed by atoms with E-state index in [2.05, 4.69) is 38.9 Å². The summed E-state index contributed by atoms with van der Waals surface area (Å²) < 4.78 is 4.46. The number of hydrogen-bond acceptors (Lipinski definition) is 9. The number of hydrazine groups is 1. The van der Waals surface area contributed by atoms with E-state index in [1.165, 1.54) is 0 Å². The van der Waals surface area contributed by atoms with Crippen LogP contribution in [-0.2, 0) is 28.7 Å². The third kappa shape index (κ3) is 11.3. The summed E-state index contributed by atoms with van der Waals surface area (Å²) in [4.78, 5) is 58.2. The van der Waals surface area contributed by atoms with Crippen LogP contribution < -0.4 is 21.5 Å². The Morgan fingerprint density at radius 1 is 0.897 bits per heavy atom. The first kappa shape index (κ1) is 26.6. The molecule has 13 heteroatoms. The lowest BCUT2D eigenvalue weighted by molar-refractivity contribution is -0.149. The maximum absolute atomic E-state index is 12.5. The minimum absolute atomic E-state index is 0.0454. The van der Waals surface area contributed by atoms with Gasteiger partial charge in [-0.1, -0.05) is 0 Å². The molecule has 0 heterocycles. The molecule has 0 aromatic heterocycles. The minimum Gasteiger partial charge on any atom is -0.481 e. The van der Waals surface area contributed by atoms with E-state index in [-0.39, 0.29) is 24.6 Å². The van der Waals surface area contributed by atoms with Crippen molar-refractivity contribution in [3.8, 4) is 0 Å². The Morgan fingerprint density at radius 2 is 1.45 bits per heavy atom. The molecule has 0 radical (unpaired) electrons. The Bertz CT molecular complexity index is 601. The van der Waals surface area contributed by atoms with E-state index in [1.807, 2.05) is 0 Å². The number of aliphatic carboxylic acids is 2. The Kier molecular flexibility index (Phi) is 12.6. The van der Waals surface area contributed by atoms with Crippen molar-refractivity contribution in [2.24, 2.45) is 0 Å². The van der Waals surface area contributed by atoms with Gasteiger partial charge in [0, 0.05) is 18.2 Å². The molecule has 0 saturated heterocycles. The average molecular weight is 436 g/mol. The fraction of sp³-hybridized carbons (Fsp3) is 0.688. The second-order valence-electron chi connectivity index (χ2n) is 6.35. The molecule has 0 fully saturated rings. The summed E-state index contributed by atoms with van der Waals surface area (Å²) in [6.45, 7) is 3.61. The molecular weight excluding hydrogens is 408 g/mol. The summed E-state index contributed by atoms with van der Waals surface area (Å²) in [5, 5.41) is 22.3. The minimum atomic E-state index is -1.44. The standard InChI is InChI=1S/C16H28N4O8S/c1-8(2)19-20-9(4-5-12(21)22)14(25)18-11(7-29)15(26)17-10(6-13(23)24)16(27)28-3/h8-11,19-20,29H,4-7H2,1-3H3,(H,17,26)(H,18,25)(H,21,22)(H,23,24)/t9-,10-,11?/m0/s1. The van der Waals surface area contributed by atoms with Crippen molar-refractivity contribution in [3.05, 3.63) is 0 Å². The van der Waals surface area contributed by atoms with Crippen LogP contribution in [0.5, 0.6) is 0 Å². The predicted molar refractivity (Wildman–Crippen MR) is 104 cm³/mol. The van der Waals surface area contributed by atoms with Crippen molar-refractivity contribution in [3.63, 3.8) is 0 Å². The molecule has 0 saturated carbocycles. The number of carboxylic acids is 2. The molecule has 0 bridgehead atoms. The van der Waals surface area contributed by atoms with Gasteiger partial charge in [0.05, 0.1) is 13.5 Å². The van der Waals surface area contributed by atoms with Gasteiger partial charge >= 0.3 is 17.9 Å². The van der Waals surface area contributed by atoms with Crippen molar-refractivity contribution < 1.29 is 38.9 Å². The second-order valence-corrected chi connectivity index (χ2v) is 6.72. The number of esters is 1. The lowest BCUT2D eigenvalue weighted by Crippen LogP contribution is -2.58. The van der Waals surface area contributed by atoms with Crippen LogP contribution in [0.25, 0.3) is 0 Å². The van der Waals surface area contributed by atoms with Gasteiger partial charge in [0.2, 0.25) is 11.8 Å². The maximum atomic E-state index is 12.5. The third-order valence-corrected chi connectivity index (χ3v) is 3.87. The monoisotopic (exact) mass is 436 g/mol. The molecule has 2 amide bonds. The van der Waals surface area contributed by atoms with Gasteiger partial charge in [-0.05, 0) is 20.3 Å². The van der Waals surface area contributed by atoms with Crippen molar-refractivity contribution >= 4 is 42.4 Å². The number of carbonyl (C=O) groups is 5. The van der Waals surface area contributed by atoms with Gasteiger partial charge in [-0.15, -0.1) is 0 Å². The summed E-state index contributed by atoms with van der Waals surface area (Å²) >= 11 is 4.00. The Morgan fingerprint density at radius 3 is 1.90 bits per heavy atom. The molecule has 1 unspecified atom stereocenters. The number of methoxy groups -OCH3 is 1. The number of thiol groups is 1. The average Bonchev–Trinajstić information content (AvgIpc) is 2.63. The fourth-order valence-electron chi connectivity index (χ4n) is 2.05. The maximum Gasteiger partial charge on any atom is 0.328 e. The van der Waals surface area contributed by atoms with Gasteiger partial charge in [0.1, 0.15) is 18.1 Å². The SMILES string of the molecule is COC(=O)[C@H](CC(=O)O)NC(=O)C(CS)NC(=O)[C@H](CCC(=O)O)NNC(C)C. The molecule has 0 aliphatic heterocycles. The molecule has 0 aromatic rings. The lowest BCUT2D eigenvalue weighted by atomic mass is 10.1. The van der Waals surface area contributed by atoms with Gasteiger partial charge < -0.3 is 25.6 Å². The van der Waals surface area contributed by atoms with Crippen LogP contribution in [0.4, 0.5) is 0 Å². The van der Waals surface area contributed by atoms with E-state index in [0.29, 0.717) is 0 Å². The number of nitrogens with one attached hydrogen (secondary N) is 4. The molecule has 12 nitrogen and oxygen atoms in total. The summed E-state index contributed by atoms with van der Waals surface area (Å²) in [5.74, 6) is -5.02. The Hall–Kier alpha value is -2.38. The molecular formula is C16H28N4O8S. The summed E-state index contributed by atoms with van der Waals surface area (Å²) in [6, 6.07) is -3.64. The van der Waals surface area contributed by atoms with Crippen molar-refractivity contribution in [2.75, 3.05) is 12.9 Å². The summed E-state index contributed by atoms with van der Waals surface area (Å²) in [7, 11) is 1.04. The van der Waals surface area contributed by atoms with E-state index in [0.717, 1.165) is 7.11 Å². The largest absolute Gasteiger partial charge is 0.481 e. The highest BCUT2D eigenvalue weighted by atomic mass is 32.1. The van der Waals surface area contributed by atoms with Crippen LogP contribution in [0.1, 0.15) is 33.1 Å². The normalized spacial score (nSPS) is 13.8. The molecule has 6 N–H and O–H groups in total. The highest BCUT2D eigenvalue weighted by molar-refractivity contribution is 7.80. The number of carbonyl (C=O) groups excluding carboxylic acids is 3. The number of ether oxygens (including phenoxy) is 1. The van der Waals surface area contributed by atoms with Crippen LogP contribution in [0.2, 0.25) is 0 Å². The zero-order chi connectivity index (χ0) is 22.6. The van der Waals surface area contributed by atoms with Crippen molar-refractivity contribution in [1.29, 1.82) is 0 Å². The lowest BCUT2D eigenvalue weighted by Gasteiger charge is -2.24. The zero-order valence-electron chi connectivity index (χ0n) is 16.4. The topological polar surface area (TPSA) is 183 Å². The number of carboxylic acid groups (broad SMARTS) is 2. The molecule has 166 valence electrons. The van der Waals surface area contributed by atoms with Gasteiger partial charge in [-0.2, -0.15) is 12.6 Å². The first-order valence-electron chi connectivity index (χ1n) is 8.75. The van der Waals surface area contributed by atoms with E-state index in [4.69, 9.17) is 10.2 Å². The van der Waals surface area contributed by atoms with E-state index in [9.17, 15) is 24.0 Å². The van der Waals surface area contributed by atoms with Crippen LogP contribution in [-0.4, -0.2) is 77.0 Å². The van der Waals surface area contributed by atoms with Crippen LogP contribution in [0.3, 0.4) is 0 Å². The van der Waals surface area contributed by atoms with Gasteiger partial charge in [-0.3, -0.25) is 24.6 Å². The molecule has 3 atom stereocenters. The highest BCUT2D eigenvalue weighted by Crippen LogP contribution is 2.02. The highest BCUT2D eigenvalue weighted by Gasteiger charge is 2.30. The summed E-state index contributed by atoms with van der Waals surface area (Å²) in [6.07, 6.45) is -1.04. The molecule has 0 aromatic carbocycles. The smallest absolute Gasteiger partial charge is 0.328 e. The fourth-order valence-corrected chi connectivity index (χ4v) is 2.31. The molecule has 0 spiro atoms. The predicted octanol–water partition coefficient (Wildman–Crippen LogP) is -1.73. The van der Waals surface area contributed by atoms with Gasteiger partial charge in [0.25, 0.3) is 0 Å². The number of hydrogen-bond donors (Lipinski definition) is 7. The quantitative estimate of drug-likeness (QED) is 0.0938. The molecule has 0 aliphatic rings. The van der Waals surface area contributed by atoms with Crippen LogP contribution in [0.15, 0.2) is 0 Å². The van der Waals surface area contributed by atoms with E-state index >= 15 is 0 Å². The van der Waals surface area contributed by atoms with Gasteiger partial charge in [-0.25, -0.2) is 10.2 Å². The summed E-state index contributed by atoms with van der Waals surface area (Å²) in [5.41, 5.74) is 5.50. The van der Waals surface area contributed by atoms with Crippen LogP contribution >= 0.6 is 12.6 Å². The molecule has 29 heavy (non-hydrogen) atoms. The Labute approximate surface area is 173 Å². The molecule has 0 rings (SSSR count). The van der Waals surface area contributed by atoms with Crippen molar-refractivity contribution in [2.45, 2.75) is 57.3 Å². The van der Waals surface area contributed by atoms with Crippen LogP contribution in [0, 0.1) is 0 Å². The first-order chi connectivity index (χ1) is 13.5. The number of rotatable bonds is 14. The van der Waals surface area contributed by atoms with E-state index < -0.39 is 54.3 Å². The zero-order valence-corrected chi connectivity index (χ0v) is 17.3.